The molecule has 0 bridgehead atoms. The zero-order valence-corrected chi connectivity index (χ0v) is 8.44. The van der Waals surface area contributed by atoms with Crippen LogP contribution in [0, 0.1) is 5.82 Å². The van der Waals surface area contributed by atoms with Crippen molar-refractivity contribution >= 4 is 23.1 Å². The van der Waals surface area contributed by atoms with E-state index in [9.17, 15) is 9.18 Å². The molecule has 0 radical (unpaired) electrons. The van der Waals surface area contributed by atoms with Crippen molar-refractivity contribution in [2.75, 3.05) is 18.5 Å². The number of rotatable bonds is 0. The Labute approximate surface area is 86.3 Å². The van der Waals surface area contributed by atoms with Crippen LogP contribution in [0.2, 0.25) is 5.02 Å². The lowest BCUT2D eigenvalue weighted by atomic mass is 10.0. The quantitative estimate of drug-likeness (QED) is 0.660. The first-order valence-electron chi connectivity index (χ1n) is 4.33. The molecular weight excluding hydrogens is 205 g/mol. The Morgan fingerprint density at radius 2 is 2.21 bits per heavy atom. The van der Waals surface area contributed by atoms with Gasteiger partial charge in [0.2, 0.25) is 0 Å². The molecule has 0 saturated heterocycles. The van der Waals surface area contributed by atoms with Crippen LogP contribution in [0.4, 0.5) is 10.1 Å². The molecule has 1 aliphatic rings. The van der Waals surface area contributed by atoms with Crippen LogP contribution in [0.1, 0.15) is 16.8 Å². The summed E-state index contributed by atoms with van der Waals surface area (Å²) in [7, 11) is 1.86. The molecule has 0 amide bonds. The van der Waals surface area contributed by atoms with Crippen molar-refractivity contribution in [3.05, 3.63) is 28.5 Å². The number of hydrogen-bond donors (Lipinski definition) is 0. The fraction of sp³-hybridized carbons (Fsp3) is 0.300. The number of nitrogens with zero attached hydrogens (tertiary/aromatic N) is 1. The largest absolute Gasteiger partial charge is 0.374 e. The molecule has 0 atom stereocenters. The first-order valence-corrected chi connectivity index (χ1v) is 4.71. The molecule has 2 nitrogen and oxygen atoms in total. The Bertz CT molecular complexity index is 405. The Morgan fingerprint density at radius 3 is 2.93 bits per heavy atom. The molecule has 1 aromatic carbocycles. The predicted molar refractivity (Wildman–Crippen MR) is 53.6 cm³/mol. The van der Waals surface area contributed by atoms with Gasteiger partial charge in [-0.25, -0.2) is 4.39 Å². The average molecular weight is 214 g/mol. The average Bonchev–Trinajstić information content (AvgIpc) is 2.15. The molecule has 0 aliphatic carbocycles. The van der Waals surface area contributed by atoms with Crippen molar-refractivity contribution < 1.29 is 9.18 Å². The highest BCUT2D eigenvalue weighted by Gasteiger charge is 2.22. The van der Waals surface area contributed by atoms with Crippen LogP contribution in [0.25, 0.3) is 0 Å². The zero-order valence-electron chi connectivity index (χ0n) is 7.68. The van der Waals surface area contributed by atoms with E-state index in [4.69, 9.17) is 11.6 Å². The third-order valence-corrected chi connectivity index (χ3v) is 2.71. The van der Waals surface area contributed by atoms with E-state index in [1.54, 1.807) is 0 Å². The Balaban J connectivity index is 2.62. The minimum absolute atomic E-state index is 0.0198. The molecule has 14 heavy (non-hydrogen) atoms. The van der Waals surface area contributed by atoms with Crippen molar-refractivity contribution in [3.8, 4) is 0 Å². The second-order valence-corrected chi connectivity index (χ2v) is 3.79. The lowest BCUT2D eigenvalue weighted by molar-refractivity contribution is 0.0980. The lowest BCUT2D eigenvalue weighted by Crippen LogP contribution is -2.28. The summed E-state index contributed by atoms with van der Waals surface area (Å²) in [4.78, 5) is 13.4. The minimum Gasteiger partial charge on any atom is -0.374 e. The summed E-state index contributed by atoms with van der Waals surface area (Å²) >= 11 is 5.65. The number of benzene rings is 1. The summed E-state index contributed by atoms with van der Waals surface area (Å²) in [5.74, 6) is -0.553. The van der Waals surface area contributed by atoms with E-state index in [2.05, 4.69) is 0 Å². The maximum Gasteiger partial charge on any atom is 0.166 e. The predicted octanol–water partition coefficient (Wildman–Crippen LogP) is 2.50. The van der Waals surface area contributed by atoms with Gasteiger partial charge in [-0.2, -0.15) is 0 Å². The van der Waals surface area contributed by atoms with Gasteiger partial charge in [-0.05, 0) is 12.1 Å². The lowest BCUT2D eigenvalue weighted by Gasteiger charge is -2.26. The van der Waals surface area contributed by atoms with Gasteiger partial charge in [0.15, 0.2) is 5.78 Å². The molecule has 0 fully saturated rings. The summed E-state index contributed by atoms with van der Waals surface area (Å²) in [5.41, 5.74) is 1.15. The van der Waals surface area contributed by atoms with Crippen molar-refractivity contribution in [1.29, 1.82) is 0 Å². The highest BCUT2D eigenvalue weighted by molar-refractivity contribution is 6.31. The summed E-state index contributed by atoms with van der Waals surface area (Å²) in [5, 5.41) is 0.0605. The van der Waals surface area contributed by atoms with Crippen LogP contribution < -0.4 is 4.90 Å². The fourth-order valence-electron chi connectivity index (χ4n) is 1.60. The number of carbonyl (C=O) groups is 1. The standard InChI is InChI=1S/C10H9ClFNO/c1-13-3-2-10(14)6-4-8(12)7(11)5-9(6)13/h4-5H,2-3H2,1H3. The molecule has 0 saturated carbocycles. The summed E-state index contributed by atoms with van der Waals surface area (Å²) < 4.78 is 13.1. The van der Waals surface area contributed by atoms with Gasteiger partial charge in [0.25, 0.3) is 0 Å². The number of halogens is 2. The first kappa shape index (κ1) is 9.46. The van der Waals surface area contributed by atoms with Gasteiger partial charge in [-0.3, -0.25) is 4.79 Å². The van der Waals surface area contributed by atoms with Crippen molar-refractivity contribution in [2.45, 2.75) is 6.42 Å². The van der Waals surface area contributed by atoms with E-state index in [1.165, 1.54) is 12.1 Å². The third-order valence-electron chi connectivity index (χ3n) is 2.42. The molecule has 0 spiro atoms. The molecule has 0 N–H and O–H groups in total. The van der Waals surface area contributed by atoms with Gasteiger partial charge in [-0.1, -0.05) is 11.6 Å². The van der Waals surface area contributed by atoms with Gasteiger partial charge in [0.05, 0.1) is 5.02 Å². The molecular formula is C10H9ClFNO. The number of fused-ring (bicyclic) bond motifs is 1. The fourth-order valence-corrected chi connectivity index (χ4v) is 1.76. The topological polar surface area (TPSA) is 20.3 Å². The maximum absolute atomic E-state index is 13.1. The van der Waals surface area contributed by atoms with Crippen molar-refractivity contribution in [3.63, 3.8) is 0 Å². The highest BCUT2D eigenvalue weighted by Crippen LogP contribution is 2.30. The van der Waals surface area contributed by atoms with Gasteiger partial charge >= 0.3 is 0 Å². The second-order valence-electron chi connectivity index (χ2n) is 3.38. The van der Waals surface area contributed by atoms with Gasteiger partial charge in [-0.15, -0.1) is 0 Å². The van der Waals surface area contributed by atoms with E-state index in [0.717, 1.165) is 0 Å². The van der Waals surface area contributed by atoms with Crippen molar-refractivity contribution in [2.24, 2.45) is 0 Å². The summed E-state index contributed by atoms with van der Waals surface area (Å²) in [6, 6.07) is 2.72. The van der Waals surface area contributed by atoms with E-state index in [0.29, 0.717) is 24.2 Å². The number of Topliss-reactive ketones (excluding diaryl/α,β-unsaturated/α-hetero) is 1. The van der Waals surface area contributed by atoms with Gasteiger partial charge in [0.1, 0.15) is 5.82 Å². The monoisotopic (exact) mass is 213 g/mol. The molecule has 0 unspecified atom stereocenters. The number of carbonyl (C=O) groups excluding carboxylic acids is 1. The van der Waals surface area contributed by atoms with Gasteiger partial charge in [0, 0.05) is 31.3 Å². The Morgan fingerprint density at radius 1 is 1.50 bits per heavy atom. The van der Waals surface area contributed by atoms with Gasteiger partial charge < -0.3 is 4.90 Å². The number of anilines is 1. The van der Waals surface area contributed by atoms with E-state index in [-0.39, 0.29) is 10.8 Å². The normalized spacial score (nSPS) is 15.6. The second kappa shape index (κ2) is 3.24. The highest BCUT2D eigenvalue weighted by atomic mass is 35.5. The minimum atomic E-state index is -0.533. The van der Waals surface area contributed by atoms with E-state index < -0.39 is 5.82 Å². The molecule has 2 rings (SSSR count). The summed E-state index contributed by atoms with van der Waals surface area (Å²) in [6.45, 7) is 0.661. The van der Waals surface area contributed by atoms with Crippen LogP contribution >= 0.6 is 11.6 Å². The summed E-state index contributed by atoms with van der Waals surface area (Å²) in [6.07, 6.45) is 0.435. The molecule has 4 heteroatoms. The van der Waals surface area contributed by atoms with E-state index in [1.807, 2.05) is 11.9 Å². The molecule has 74 valence electrons. The SMILES string of the molecule is CN1CCC(=O)c2cc(F)c(Cl)cc21. The van der Waals surface area contributed by atoms with Crippen LogP contribution in [0.3, 0.4) is 0 Å². The van der Waals surface area contributed by atoms with E-state index >= 15 is 0 Å². The third kappa shape index (κ3) is 1.38. The maximum atomic E-state index is 13.1. The van der Waals surface area contributed by atoms with Crippen LogP contribution in [0.15, 0.2) is 12.1 Å². The first-order chi connectivity index (χ1) is 6.59. The number of ketones is 1. The Hall–Kier alpha value is -1.09. The van der Waals surface area contributed by atoms with Crippen LogP contribution in [0.5, 0.6) is 0 Å². The molecule has 1 aromatic rings. The molecule has 1 heterocycles. The number of hydrogen-bond acceptors (Lipinski definition) is 2. The smallest absolute Gasteiger partial charge is 0.166 e. The zero-order chi connectivity index (χ0) is 10.3. The molecule has 1 aliphatic heterocycles. The Kier molecular flexibility index (Phi) is 2.19. The molecule has 0 aromatic heterocycles. The van der Waals surface area contributed by atoms with Crippen molar-refractivity contribution in [1.82, 2.24) is 0 Å². The van der Waals surface area contributed by atoms with Crippen LogP contribution in [-0.4, -0.2) is 19.4 Å². The van der Waals surface area contributed by atoms with Crippen LogP contribution in [-0.2, 0) is 0 Å².